The van der Waals surface area contributed by atoms with Crippen LogP contribution in [0.3, 0.4) is 0 Å². The van der Waals surface area contributed by atoms with Gasteiger partial charge in [0.05, 0.1) is 34.1 Å². The Labute approximate surface area is 246 Å². The van der Waals surface area contributed by atoms with Crippen LogP contribution in [-0.2, 0) is 9.59 Å². The van der Waals surface area contributed by atoms with Crippen LogP contribution in [-0.4, -0.2) is 60.9 Å². The predicted molar refractivity (Wildman–Crippen MR) is 156 cm³/mol. The molecular weight excluding hydrogens is 546 g/mol. The van der Waals surface area contributed by atoms with Gasteiger partial charge in [0.25, 0.3) is 11.8 Å². The van der Waals surface area contributed by atoms with E-state index in [9.17, 15) is 19.2 Å². The zero-order valence-electron chi connectivity index (χ0n) is 23.3. The van der Waals surface area contributed by atoms with Crippen molar-refractivity contribution in [2.45, 2.75) is 56.5 Å². The van der Waals surface area contributed by atoms with Gasteiger partial charge in [-0.2, -0.15) is 5.10 Å². The van der Waals surface area contributed by atoms with E-state index in [0.29, 0.717) is 17.9 Å². The molecule has 3 fully saturated rings. The number of hydrogen-bond donors (Lipinski definition) is 2. The molecule has 1 saturated heterocycles. The highest BCUT2D eigenvalue weighted by atomic mass is 16.2. The molecule has 4 amide bonds. The van der Waals surface area contributed by atoms with Crippen LogP contribution in [0.25, 0.3) is 22.2 Å². The van der Waals surface area contributed by atoms with Crippen LogP contribution in [0.15, 0.2) is 55.0 Å². The van der Waals surface area contributed by atoms with Crippen molar-refractivity contribution in [3.63, 3.8) is 0 Å². The Morgan fingerprint density at radius 1 is 0.907 bits per heavy atom. The third-order valence-corrected chi connectivity index (χ3v) is 9.12. The Kier molecular flexibility index (Phi) is 5.88. The number of imide groups is 2. The van der Waals surface area contributed by atoms with Crippen LogP contribution in [0.5, 0.6) is 0 Å². The number of nitrogens with one attached hydrogen (secondary N) is 2. The molecule has 0 radical (unpaired) electrons. The highest BCUT2D eigenvalue weighted by Crippen LogP contribution is 2.46. The molecule has 11 heteroatoms. The summed E-state index contributed by atoms with van der Waals surface area (Å²) in [7, 11) is 0. The summed E-state index contributed by atoms with van der Waals surface area (Å²) in [4.78, 5) is 60.3. The molecule has 1 atom stereocenters. The molecule has 2 aliphatic heterocycles. The summed E-state index contributed by atoms with van der Waals surface area (Å²) in [6, 6.07) is 10.4. The lowest BCUT2D eigenvalue weighted by Gasteiger charge is -2.35. The minimum absolute atomic E-state index is 0.0952. The second-order valence-corrected chi connectivity index (χ2v) is 12.0. The summed E-state index contributed by atoms with van der Waals surface area (Å²) < 4.78 is 2.12. The van der Waals surface area contributed by atoms with Crippen molar-refractivity contribution in [1.29, 1.82) is 0 Å². The van der Waals surface area contributed by atoms with Gasteiger partial charge in [-0.3, -0.25) is 44.0 Å². The molecule has 1 unspecified atom stereocenters. The van der Waals surface area contributed by atoms with Gasteiger partial charge in [0.1, 0.15) is 6.04 Å². The van der Waals surface area contributed by atoms with Crippen LogP contribution < -0.4 is 10.6 Å². The first-order chi connectivity index (χ1) is 20.9. The van der Waals surface area contributed by atoms with E-state index in [1.807, 2.05) is 18.3 Å². The normalized spacial score (nSPS) is 23.3. The monoisotopic (exact) mass is 575 g/mol. The molecule has 43 heavy (non-hydrogen) atoms. The molecule has 1 aromatic carbocycles. The van der Waals surface area contributed by atoms with Crippen molar-refractivity contribution in [1.82, 2.24) is 30.0 Å². The highest BCUT2D eigenvalue weighted by Gasteiger charge is 2.44. The topological polar surface area (TPSA) is 139 Å². The first kappa shape index (κ1) is 25.8. The average Bonchev–Trinajstić information content (AvgIpc) is 3.70. The Morgan fingerprint density at radius 3 is 2.56 bits per heavy atom. The molecule has 2 aliphatic carbocycles. The molecule has 2 N–H and O–H groups in total. The van der Waals surface area contributed by atoms with E-state index in [0.717, 1.165) is 70.7 Å². The van der Waals surface area contributed by atoms with Crippen LogP contribution in [0.1, 0.15) is 76.9 Å². The SMILES string of the molecule is O=C1CCC(N2C(=O)c3ccc(NCC4CC(n5cc(-c6nccc7cccnc67)c(C6CC6)n5)C4)cc3C2=O)C(=O)N1. The Hall–Kier alpha value is -4.93. The van der Waals surface area contributed by atoms with E-state index in [4.69, 9.17) is 10.1 Å². The van der Waals surface area contributed by atoms with Crippen LogP contribution in [0.4, 0.5) is 5.69 Å². The average molecular weight is 576 g/mol. The minimum atomic E-state index is -0.968. The van der Waals surface area contributed by atoms with E-state index in [2.05, 4.69) is 32.6 Å². The summed E-state index contributed by atoms with van der Waals surface area (Å²) in [6.07, 6.45) is 10.3. The molecule has 8 rings (SSSR count). The van der Waals surface area contributed by atoms with Crippen LogP contribution in [0, 0.1) is 5.92 Å². The molecule has 4 aromatic rings. The Bertz CT molecular complexity index is 1830. The Balaban J connectivity index is 0.935. The second kappa shape index (κ2) is 9.82. The number of piperidine rings is 1. The number of nitrogens with zero attached hydrogens (tertiary/aromatic N) is 5. The zero-order valence-corrected chi connectivity index (χ0v) is 23.3. The van der Waals surface area contributed by atoms with E-state index in [1.165, 1.54) is 0 Å². The fourth-order valence-corrected chi connectivity index (χ4v) is 6.56. The summed E-state index contributed by atoms with van der Waals surface area (Å²) in [6.45, 7) is 0.729. The molecule has 11 nitrogen and oxygen atoms in total. The fraction of sp³-hybridized carbons (Fsp3) is 0.344. The fourth-order valence-electron chi connectivity index (χ4n) is 6.56. The van der Waals surface area contributed by atoms with Gasteiger partial charge in [0, 0.05) is 54.1 Å². The van der Waals surface area contributed by atoms with Gasteiger partial charge in [0.2, 0.25) is 11.8 Å². The lowest BCUT2D eigenvalue weighted by Crippen LogP contribution is -2.54. The Morgan fingerprint density at radius 2 is 1.74 bits per heavy atom. The lowest BCUT2D eigenvalue weighted by atomic mass is 9.80. The van der Waals surface area contributed by atoms with Gasteiger partial charge in [-0.05, 0) is 68.4 Å². The van der Waals surface area contributed by atoms with Gasteiger partial charge in [0.15, 0.2) is 0 Å². The van der Waals surface area contributed by atoms with Crippen molar-refractivity contribution in [3.05, 3.63) is 71.8 Å². The first-order valence-corrected chi connectivity index (χ1v) is 14.8. The minimum Gasteiger partial charge on any atom is -0.385 e. The summed E-state index contributed by atoms with van der Waals surface area (Å²) in [5.41, 5.74) is 5.30. The molecule has 2 saturated carbocycles. The van der Waals surface area contributed by atoms with E-state index < -0.39 is 29.7 Å². The molecule has 0 spiro atoms. The van der Waals surface area contributed by atoms with Crippen LogP contribution >= 0.6 is 0 Å². The zero-order chi connectivity index (χ0) is 29.2. The molecular formula is C32H29N7O4. The number of aromatic nitrogens is 4. The maximum Gasteiger partial charge on any atom is 0.262 e. The third kappa shape index (κ3) is 4.38. The van der Waals surface area contributed by atoms with Crippen LogP contribution in [0.2, 0.25) is 0 Å². The van der Waals surface area contributed by atoms with Gasteiger partial charge in [-0.15, -0.1) is 0 Å². The highest BCUT2D eigenvalue weighted by molar-refractivity contribution is 6.23. The number of rotatable bonds is 7. The molecule has 5 heterocycles. The second-order valence-electron chi connectivity index (χ2n) is 12.0. The van der Waals surface area contributed by atoms with Gasteiger partial charge in [-0.25, -0.2) is 0 Å². The number of carbonyl (C=O) groups is 4. The molecule has 216 valence electrons. The van der Waals surface area contributed by atoms with Crippen molar-refractivity contribution >= 4 is 40.2 Å². The lowest BCUT2D eigenvalue weighted by molar-refractivity contribution is -0.136. The predicted octanol–water partition coefficient (Wildman–Crippen LogP) is 3.84. The number of carbonyl (C=O) groups excluding carboxylic acids is 4. The number of anilines is 1. The summed E-state index contributed by atoms with van der Waals surface area (Å²) in [5.74, 6) is -1.08. The first-order valence-electron chi connectivity index (χ1n) is 14.8. The number of fused-ring (bicyclic) bond motifs is 2. The molecule has 4 aliphatic rings. The van der Waals surface area contributed by atoms with Gasteiger partial charge in [-0.1, -0.05) is 6.07 Å². The van der Waals surface area contributed by atoms with Crippen molar-refractivity contribution in [2.75, 3.05) is 11.9 Å². The maximum absolute atomic E-state index is 13.1. The molecule has 3 aromatic heterocycles. The van der Waals surface area contributed by atoms with E-state index in [-0.39, 0.29) is 24.0 Å². The number of hydrogen-bond acceptors (Lipinski definition) is 8. The van der Waals surface area contributed by atoms with E-state index in [1.54, 1.807) is 24.4 Å². The largest absolute Gasteiger partial charge is 0.385 e. The van der Waals surface area contributed by atoms with Gasteiger partial charge >= 0.3 is 0 Å². The van der Waals surface area contributed by atoms with E-state index >= 15 is 0 Å². The van der Waals surface area contributed by atoms with Crippen molar-refractivity contribution in [3.8, 4) is 11.3 Å². The van der Waals surface area contributed by atoms with Crippen molar-refractivity contribution < 1.29 is 19.2 Å². The quantitative estimate of drug-likeness (QED) is 0.317. The number of benzene rings is 1. The maximum atomic E-state index is 13.1. The standard InChI is InChI=1S/C32H29N7O4/c40-26-8-7-25(30(41)36-26)39-31(42)22-6-5-20(14-23(22)32(39)43)35-15-17-12-21(13-17)38-16-24(27(37-38)19-3-4-19)29-28-18(9-11-34-29)2-1-10-33-28/h1-2,5-6,9-11,14,16-17,19,21,25,35H,3-4,7-8,12-13,15H2,(H,36,40,41). The van der Waals surface area contributed by atoms with Crippen molar-refractivity contribution in [2.24, 2.45) is 5.92 Å². The summed E-state index contributed by atoms with van der Waals surface area (Å²) >= 11 is 0. The van der Waals surface area contributed by atoms with Gasteiger partial charge < -0.3 is 5.32 Å². The smallest absolute Gasteiger partial charge is 0.262 e. The number of pyridine rings is 2. The number of amides is 4. The third-order valence-electron chi connectivity index (χ3n) is 9.12. The summed E-state index contributed by atoms with van der Waals surface area (Å²) in [5, 5.41) is 11.8. The molecule has 0 bridgehead atoms.